The topological polar surface area (TPSA) is 73.7 Å². The molecular weight excluding hydrogens is 307 g/mol. The summed E-state index contributed by atoms with van der Waals surface area (Å²) in [5.41, 5.74) is 0.960. The molecule has 1 heterocycles. The van der Waals surface area contributed by atoms with E-state index in [1.807, 2.05) is 11.9 Å². The molecule has 0 fully saturated rings. The number of aliphatic hydroxyl groups is 1. The molecule has 0 saturated heterocycles. The van der Waals surface area contributed by atoms with Gasteiger partial charge >= 0.3 is 5.97 Å². The number of aromatic carboxylic acids is 1. The van der Waals surface area contributed by atoms with Gasteiger partial charge in [-0.25, -0.2) is 14.2 Å². The zero-order chi connectivity index (χ0) is 16.1. The third kappa shape index (κ3) is 4.09. The maximum atomic E-state index is 13.0. The molecule has 0 saturated carbocycles. The Morgan fingerprint density at radius 2 is 2.00 bits per heavy atom. The fourth-order valence-electron chi connectivity index (χ4n) is 1.99. The fraction of sp³-hybridized carbons (Fsp3) is 0.333. The summed E-state index contributed by atoms with van der Waals surface area (Å²) < 4.78 is 13.0. The van der Waals surface area contributed by atoms with Crippen molar-refractivity contribution in [2.75, 3.05) is 26.7 Å². The van der Waals surface area contributed by atoms with Gasteiger partial charge < -0.3 is 15.1 Å². The molecule has 0 spiro atoms. The first kappa shape index (κ1) is 16.5. The van der Waals surface area contributed by atoms with Gasteiger partial charge in [-0.1, -0.05) is 0 Å². The first-order valence-corrected chi connectivity index (χ1v) is 7.61. The number of carboxylic acids is 1. The van der Waals surface area contributed by atoms with Crippen molar-refractivity contribution < 1.29 is 19.4 Å². The number of likely N-dealkylation sites (N-methyl/N-ethyl adjacent to an activating group) is 1. The number of hydrogen-bond donors (Lipinski definition) is 2. The molecule has 2 aromatic rings. The number of rotatable bonds is 7. The Bertz CT molecular complexity index is 643. The van der Waals surface area contributed by atoms with Gasteiger partial charge in [0.2, 0.25) is 0 Å². The van der Waals surface area contributed by atoms with E-state index < -0.39 is 5.97 Å². The maximum Gasteiger partial charge on any atom is 0.348 e. The predicted molar refractivity (Wildman–Crippen MR) is 82.8 cm³/mol. The van der Waals surface area contributed by atoms with Gasteiger partial charge in [0.25, 0.3) is 0 Å². The minimum absolute atomic E-state index is 0.0789. The van der Waals surface area contributed by atoms with Crippen LogP contribution in [0.2, 0.25) is 0 Å². The summed E-state index contributed by atoms with van der Waals surface area (Å²) in [5.74, 6) is -1.41. The second-order valence-electron chi connectivity index (χ2n) is 4.87. The van der Waals surface area contributed by atoms with Crippen LogP contribution in [0.3, 0.4) is 0 Å². The summed E-state index contributed by atoms with van der Waals surface area (Å²) in [6, 6.07) is 5.63. The lowest BCUT2D eigenvalue weighted by Gasteiger charge is -2.13. The van der Waals surface area contributed by atoms with Crippen molar-refractivity contribution in [1.29, 1.82) is 0 Å². The van der Waals surface area contributed by atoms with Crippen LogP contribution in [0.5, 0.6) is 0 Å². The number of nitrogens with zero attached hydrogens (tertiary/aromatic N) is 2. The first-order chi connectivity index (χ1) is 10.5. The van der Waals surface area contributed by atoms with Crippen molar-refractivity contribution in [3.8, 4) is 11.3 Å². The predicted octanol–water partition coefficient (Wildman–Crippen LogP) is 2.11. The molecule has 118 valence electrons. The summed E-state index contributed by atoms with van der Waals surface area (Å²) in [6.07, 6.45) is 0.600. The average molecular weight is 324 g/mol. The van der Waals surface area contributed by atoms with Gasteiger partial charge in [0.1, 0.15) is 10.7 Å². The molecule has 0 aliphatic heterocycles. The van der Waals surface area contributed by atoms with E-state index in [-0.39, 0.29) is 17.3 Å². The molecule has 7 heteroatoms. The highest BCUT2D eigenvalue weighted by atomic mass is 32.1. The summed E-state index contributed by atoms with van der Waals surface area (Å²) in [6.45, 7) is 1.31. The highest BCUT2D eigenvalue weighted by molar-refractivity contribution is 7.14. The van der Waals surface area contributed by atoms with E-state index in [1.165, 1.54) is 24.3 Å². The van der Waals surface area contributed by atoms with Crippen molar-refractivity contribution in [1.82, 2.24) is 9.88 Å². The van der Waals surface area contributed by atoms with Crippen LogP contribution in [0.4, 0.5) is 4.39 Å². The van der Waals surface area contributed by atoms with Crippen LogP contribution in [-0.4, -0.2) is 52.8 Å². The molecule has 2 rings (SSSR count). The van der Waals surface area contributed by atoms with Gasteiger partial charge in [-0.2, -0.15) is 0 Å². The van der Waals surface area contributed by atoms with E-state index >= 15 is 0 Å². The standard InChI is InChI=1S/C15H17FN2O3S/c1-18(8-9-19)7-6-12-17-13(14(22-12)15(20)21)10-2-4-11(16)5-3-10/h2-5,19H,6-9H2,1H3,(H,20,21). The minimum Gasteiger partial charge on any atom is -0.477 e. The lowest BCUT2D eigenvalue weighted by molar-refractivity contribution is 0.0702. The van der Waals surface area contributed by atoms with E-state index in [4.69, 9.17) is 5.11 Å². The second kappa shape index (κ2) is 7.44. The third-order valence-electron chi connectivity index (χ3n) is 3.17. The van der Waals surface area contributed by atoms with Crippen molar-refractivity contribution in [3.63, 3.8) is 0 Å². The zero-order valence-corrected chi connectivity index (χ0v) is 12.9. The lowest BCUT2D eigenvalue weighted by Crippen LogP contribution is -2.24. The second-order valence-corrected chi connectivity index (χ2v) is 5.96. The maximum absolute atomic E-state index is 13.0. The highest BCUT2D eigenvalue weighted by Crippen LogP contribution is 2.28. The molecule has 0 amide bonds. The zero-order valence-electron chi connectivity index (χ0n) is 12.1. The Kier molecular flexibility index (Phi) is 5.59. The van der Waals surface area contributed by atoms with Gasteiger partial charge in [0.15, 0.2) is 0 Å². The molecule has 1 aromatic heterocycles. The number of carbonyl (C=O) groups is 1. The minimum atomic E-state index is -1.04. The van der Waals surface area contributed by atoms with Gasteiger partial charge in [-0.15, -0.1) is 11.3 Å². The third-order valence-corrected chi connectivity index (χ3v) is 4.28. The molecule has 22 heavy (non-hydrogen) atoms. The molecule has 5 nitrogen and oxygen atoms in total. The van der Waals surface area contributed by atoms with Crippen LogP contribution in [0.1, 0.15) is 14.7 Å². The molecule has 0 aliphatic carbocycles. The van der Waals surface area contributed by atoms with Crippen LogP contribution < -0.4 is 0 Å². The van der Waals surface area contributed by atoms with Gasteiger partial charge in [-0.05, 0) is 31.3 Å². The number of thiazole rings is 1. The lowest BCUT2D eigenvalue weighted by atomic mass is 10.1. The van der Waals surface area contributed by atoms with Crippen LogP contribution in [-0.2, 0) is 6.42 Å². The number of hydrogen-bond acceptors (Lipinski definition) is 5. The fourth-order valence-corrected chi connectivity index (χ4v) is 2.90. The van der Waals surface area contributed by atoms with E-state index in [9.17, 15) is 14.3 Å². The Hall–Kier alpha value is -1.83. The Balaban J connectivity index is 2.22. The number of benzene rings is 1. The highest BCUT2D eigenvalue weighted by Gasteiger charge is 2.19. The van der Waals surface area contributed by atoms with E-state index in [0.29, 0.717) is 35.8 Å². The van der Waals surface area contributed by atoms with E-state index in [1.54, 1.807) is 0 Å². The first-order valence-electron chi connectivity index (χ1n) is 6.79. The number of aliphatic hydroxyl groups excluding tert-OH is 1. The average Bonchev–Trinajstić information content (AvgIpc) is 2.91. The molecular formula is C15H17FN2O3S. The monoisotopic (exact) mass is 324 g/mol. The van der Waals surface area contributed by atoms with Crippen LogP contribution >= 0.6 is 11.3 Å². The number of halogens is 1. The summed E-state index contributed by atoms with van der Waals surface area (Å²) in [4.78, 5) is 17.9. The van der Waals surface area contributed by atoms with Gasteiger partial charge in [0.05, 0.1) is 17.3 Å². The Labute approximate surface area is 131 Å². The van der Waals surface area contributed by atoms with Crippen LogP contribution in [0.25, 0.3) is 11.3 Å². The van der Waals surface area contributed by atoms with Crippen LogP contribution in [0, 0.1) is 5.82 Å². The van der Waals surface area contributed by atoms with Crippen molar-refractivity contribution in [3.05, 3.63) is 40.0 Å². The van der Waals surface area contributed by atoms with Gasteiger partial charge in [-0.3, -0.25) is 0 Å². The SMILES string of the molecule is CN(CCO)CCc1nc(-c2ccc(F)cc2)c(C(=O)O)s1. The summed E-state index contributed by atoms with van der Waals surface area (Å²) in [5, 5.41) is 18.9. The molecule has 0 radical (unpaired) electrons. The molecule has 0 unspecified atom stereocenters. The smallest absolute Gasteiger partial charge is 0.348 e. The molecule has 2 N–H and O–H groups in total. The summed E-state index contributed by atoms with van der Waals surface area (Å²) >= 11 is 1.13. The van der Waals surface area contributed by atoms with Gasteiger partial charge in [0, 0.05) is 25.1 Å². The number of carboxylic acid groups (broad SMARTS) is 1. The van der Waals surface area contributed by atoms with Crippen molar-refractivity contribution in [2.45, 2.75) is 6.42 Å². The van der Waals surface area contributed by atoms with E-state index in [0.717, 1.165) is 11.3 Å². The molecule has 0 aliphatic rings. The Morgan fingerprint density at radius 1 is 1.32 bits per heavy atom. The normalized spacial score (nSPS) is 11.1. The van der Waals surface area contributed by atoms with Crippen molar-refractivity contribution in [2.24, 2.45) is 0 Å². The quantitative estimate of drug-likeness (QED) is 0.816. The Morgan fingerprint density at radius 3 is 2.59 bits per heavy atom. The molecule has 0 bridgehead atoms. The largest absolute Gasteiger partial charge is 0.477 e. The van der Waals surface area contributed by atoms with Crippen molar-refractivity contribution >= 4 is 17.3 Å². The van der Waals surface area contributed by atoms with E-state index in [2.05, 4.69) is 4.98 Å². The molecule has 1 aromatic carbocycles. The van der Waals surface area contributed by atoms with Crippen LogP contribution in [0.15, 0.2) is 24.3 Å². The number of aromatic nitrogens is 1. The summed E-state index contributed by atoms with van der Waals surface area (Å²) in [7, 11) is 1.88. The molecule has 0 atom stereocenters.